The SMILES string of the molecule is CCCCCCCCCCCCCCCCCCCCCCC(=O)O[C@H](COC(=O)CCCCCCCCCCCCCCCCCCCCC)COP(=O)(O)OC[C@@H](O)COP(=O)(O)OC[C@@H](COC(=O)CCCCCCCCC(C)C)OC(=O)CCCCCCCCCCCC(C)C. The number of phosphoric acid groups is 2. The molecule has 0 amide bonds. The molecule has 0 aromatic rings. The van der Waals surface area contributed by atoms with Crippen LogP contribution in [0.5, 0.6) is 0 Å². The van der Waals surface area contributed by atoms with Gasteiger partial charge >= 0.3 is 39.5 Å². The number of rotatable bonds is 80. The molecule has 19 heteroatoms. The molecule has 5 atom stereocenters. The molecule has 0 heterocycles. The number of ether oxygens (including phenoxy) is 4. The molecule has 2 unspecified atom stereocenters. The van der Waals surface area contributed by atoms with Crippen LogP contribution in [0.1, 0.15) is 427 Å². The van der Waals surface area contributed by atoms with E-state index < -0.39 is 97.5 Å². The minimum Gasteiger partial charge on any atom is -0.462 e. The Morgan fingerprint density at radius 3 is 0.680 bits per heavy atom. The van der Waals surface area contributed by atoms with Gasteiger partial charge in [-0.1, -0.05) is 375 Å². The van der Waals surface area contributed by atoms with Crippen molar-refractivity contribution in [2.24, 2.45) is 11.8 Å². The van der Waals surface area contributed by atoms with Crippen molar-refractivity contribution < 1.29 is 80.2 Å². The van der Waals surface area contributed by atoms with Crippen molar-refractivity contribution in [2.75, 3.05) is 39.6 Å². The van der Waals surface area contributed by atoms with E-state index in [0.717, 1.165) is 102 Å². The highest BCUT2D eigenvalue weighted by atomic mass is 31.2. The molecule has 3 N–H and O–H groups in total. The van der Waals surface area contributed by atoms with Gasteiger partial charge in [0.05, 0.1) is 26.4 Å². The van der Waals surface area contributed by atoms with E-state index in [-0.39, 0.29) is 25.7 Å². The molecule has 0 spiro atoms. The fourth-order valence-electron chi connectivity index (χ4n) is 12.5. The topological polar surface area (TPSA) is 237 Å². The van der Waals surface area contributed by atoms with Gasteiger partial charge in [0.1, 0.15) is 19.3 Å². The van der Waals surface area contributed by atoms with E-state index in [1.807, 2.05) is 0 Å². The Bertz CT molecular complexity index is 1920. The van der Waals surface area contributed by atoms with Crippen molar-refractivity contribution in [1.29, 1.82) is 0 Å². The fourth-order valence-corrected chi connectivity index (χ4v) is 14.1. The molecular weight excluding hydrogens is 1310 g/mol. The third-order valence-corrected chi connectivity index (χ3v) is 20.9. The molecule has 0 aliphatic heterocycles. The lowest BCUT2D eigenvalue weighted by atomic mass is 10.0. The largest absolute Gasteiger partial charge is 0.472 e. The lowest BCUT2D eigenvalue weighted by Gasteiger charge is -2.21. The minimum absolute atomic E-state index is 0.105. The first-order chi connectivity index (χ1) is 48.4. The predicted molar refractivity (Wildman–Crippen MR) is 409 cm³/mol. The highest BCUT2D eigenvalue weighted by Gasteiger charge is 2.30. The van der Waals surface area contributed by atoms with Gasteiger partial charge in [-0.05, 0) is 37.5 Å². The van der Waals surface area contributed by atoms with E-state index in [1.54, 1.807) is 0 Å². The zero-order valence-electron chi connectivity index (χ0n) is 65.5. The van der Waals surface area contributed by atoms with Gasteiger partial charge in [0, 0.05) is 25.7 Å². The summed E-state index contributed by atoms with van der Waals surface area (Å²) in [7, 11) is -9.92. The first kappa shape index (κ1) is 98.1. The molecule has 0 aromatic heterocycles. The summed E-state index contributed by atoms with van der Waals surface area (Å²) < 4.78 is 68.6. The quantitative estimate of drug-likeness (QED) is 0.0222. The monoisotopic (exact) mass is 1470 g/mol. The van der Waals surface area contributed by atoms with Crippen LogP contribution in [0, 0.1) is 11.8 Å². The van der Waals surface area contributed by atoms with Crippen molar-refractivity contribution in [1.82, 2.24) is 0 Å². The molecule has 0 aromatic carbocycles. The average molecular weight is 1470 g/mol. The summed E-state index contributed by atoms with van der Waals surface area (Å²) >= 11 is 0. The Hall–Kier alpha value is -1.94. The maximum atomic E-state index is 13.1. The number of aliphatic hydroxyl groups is 1. The van der Waals surface area contributed by atoms with Gasteiger partial charge < -0.3 is 33.8 Å². The molecule has 0 bridgehead atoms. The van der Waals surface area contributed by atoms with Crippen molar-refractivity contribution >= 4 is 39.5 Å². The Kier molecular flexibility index (Phi) is 71.2. The van der Waals surface area contributed by atoms with Crippen molar-refractivity contribution in [3.63, 3.8) is 0 Å². The molecule has 0 saturated carbocycles. The van der Waals surface area contributed by atoms with Crippen molar-refractivity contribution in [2.45, 2.75) is 445 Å². The van der Waals surface area contributed by atoms with Gasteiger partial charge in [0.25, 0.3) is 0 Å². The minimum atomic E-state index is -4.96. The molecule has 0 aliphatic rings. The fraction of sp³-hybridized carbons (Fsp3) is 0.951. The van der Waals surface area contributed by atoms with Gasteiger partial charge in [-0.25, -0.2) is 9.13 Å². The third-order valence-electron chi connectivity index (χ3n) is 19.0. The van der Waals surface area contributed by atoms with Gasteiger partial charge in [-0.2, -0.15) is 0 Å². The van der Waals surface area contributed by atoms with Crippen LogP contribution in [-0.4, -0.2) is 96.7 Å². The van der Waals surface area contributed by atoms with Gasteiger partial charge in [-0.3, -0.25) is 37.3 Å². The second-order valence-electron chi connectivity index (χ2n) is 30.1. The zero-order chi connectivity index (χ0) is 73.5. The number of esters is 4. The molecule has 0 radical (unpaired) electrons. The summed E-state index contributed by atoms with van der Waals surface area (Å²) in [6.45, 7) is 9.52. The summed E-state index contributed by atoms with van der Waals surface area (Å²) in [6.07, 6.45) is 62.8. The van der Waals surface area contributed by atoms with E-state index in [4.69, 9.17) is 37.0 Å². The zero-order valence-corrected chi connectivity index (χ0v) is 67.3. The highest BCUT2D eigenvalue weighted by molar-refractivity contribution is 7.47. The summed E-state index contributed by atoms with van der Waals surface area (Å²) in [5, 5.41) is 10.6. The number of unbranched alkanes of at least 4 members (excludes halogenated alkanes) is 50. The van der Waals surface area contributed by atoms with E-state index in [9.17, 15) is 43.2 Å². The molecule has 0 saturated heterocycles. The maximum Gasteiger partial charge on any atom is 0.472 e. The predicted octanol–water partition coefficient (Wildman–Crippen LogP) is 24.3. The maximum absolute atomic E-state index is 13.1. The Balaban J connectivity index is 5.20. The van der Waals surface area contributed by atoms with Crippen LogP contribution in [0.3, 0.4) is 0 Å². The standard InChI is InChI=1S/C81H158O17P2/c1-7-9-11-13-15-17-19-21-23-25-27-29-31-33-35-37-41-45-53-59-65-80(85)97-76(69-91-78(83)63-57-51-44-40-36-34-32-30-28-26-24-22-20-18-16-14-12-10-8-2)71-95-99(87,88)93-67-75(82)68-94-100(89,90)96-72-77(70-92-79(84)64-58-52-48-47-50-56-62-74(5)6)98-81(86)66-60-54-46-42-38-39-43-49-55-61-73(3)4/h73-77,82H,7-72H2,1-6H3,(H,87,88)(H,89,90)/t75-,76-,77-/m1/s1. The molecule has 594 valence electrons. The highest BCUT2D eigenvalue weighted by Crippen LogP contribution is 2.45. The van der Waals surface area contributed by atoms with E-state index >= 15 is 0 Å². The molecule has 100 heavy (non-hydrogen) atoms. The van der Waals surface area contributed by atoms with E-state index in [2.05, 4.69) is 41.5 Å². The van der Waals surface area contributed by atoms with Crippen LogP contribution >= 0.6 is 15.6 Å². The Labute approximate surface area is 613 Å². The van der Waals surface area contributed by atoms with Gasteiger partial charge in [0.15, 0.2) is 12.2 Å². The van der Waals surface area contributed by atoms with Crippen LogP contribution < -0.4 is 0 Å². The summed E-state index contributed by atoms with van der Waals surface area (Å²) in [6, 6.07) is 0. The molecular formula is C81H158O17P2. The first-order valence-electron chi connectivity index (χ1n) is 42.0. The van der Waals surface area contributed by atoms with Crippen LogP contribution in [0.15, 0.2) is 0 Å². The van der Waals surface area contributed by atoms with E-state index in [0.29, 0.717) is 31.6 Å². The second kappa shape index (κ2) is 72.6. The van der Waals surface area contributed by atoms with Crippen LogP contribution in [0.25, 0.3) is 0 Å². The number of hydrogen-bond acceptors (Lipinski definition) is 15. The van der Waals surface area contributed by atoms with Crippen LogP contribution in [0.2, 0.25) is 0 Å². The second-order valence-corrected chi connectivity index (χ2v) is 33.0. The normalized spacial score (nSPS) is 13.9. The molecule has 0 aliphatic carbocycles. The Morgan fingerprint density at radius 2 is 0.460 bits per heavy atom. The molecule has 17 nitrogen and oxygen atoms in total. The number of phosphoric ester groups is 2. The van der Waals surface area contributed by atoms with Crippen LogP contribution in [0.4, 0.5) is 0 Å². The van der Waals surface area contributed by atoms with Crippen LogP contribution in [-0.2, 0) is 65.4 Å². The molecule has 0 rings (SSSR count). The molecule has 0 fully saturated rings. The first-order valence-corrected chi connectivity index (χ1v) is 45.0. The third kappa shape index (κ3) is 74.3. The smallest absolute Gasteiger partial charge is 0.462 e. The summed E-state index contributed by atoms with van der Waals surface area (Å²) in [4.78, 5) is 72.9. The van der Waals surface area contributed by atoms with E-state index in [1.165, 1.54) is 238 Å². The number of hydrogen-bond donors (Lipinski definition) is 3. The summed E-state index contributed by atoms with van der Waals surface area (Å²) in [5.74, 6) is -0.697. The summed E-state index contributed by atoms with van der Waals surface area (Å²) in [5.41, 5.74) is 0. The van der Waals surface area contributed by atoms with Gasteiger partial charge in [0.2, 0.25) is 0 Å². The number of carbonyl (C=O) groups excluding carboxylic acids is 4. The number of aliphatic hydroxyl groups excluding tert-OH is 1. The average Bonchev–Trinajstić information content (AvgIpc) is 0.917. The van der Waals surface area contributed by atoms with Gasteiger partial charge in [-0.15, -0.1) is 0 Å². The van der Waals surface area contributed by atoms with Crippen molar-refractivity contribution in [3.05, 3.63) is 0 Å². The Morgan fingerprint density at radius 1 is 0.270 bits per heavy atom. The lowest BCUT2D eigenvalue weighted by Crippen LogP contribution is -2.30. The number of carbonyl (C=O) groups is 4. The van der Waals surface area contributed by atoms with Crippen molar-refractivity contribution in [3.8, 4) is 0 Å². The lowest BCUT2D eigenvalue weighted by molar-refractivity contribution is -0.161.